The number of thioether (sulfide) groups is 1. The van der Waals surface area contributed by atoms with E-state index in [1.165, 1.54) is 11.8 Å². The van der Waals surface area contributed by atoms with Crippen LogP contribution in [0, 0.1) is 13.8 Å². The van der Waals surface area contributed by atoms with Crippen LogP contribution in [-0.4, -0.2) is 26.8 Å². The number of rotatable bonds is 4. The smallest absolute Gasteiger partial charge is 0.340 e. The number of aryl methyl sites for hydroxylation is 2. The Morgan fingerprint density at radius 1 is 1.44 bits per heavy atom. The van der Waals surface area contributed by atoms with Crippen molar-refractivity contribution in [1.29, 1.82) is 0 Å². The molecule has 1 heterocycles. The maximum atomic E-state index is 11.1. The van der Waals surface area contributed by atoms with Crippen LogP contribution < -0.4 is 0 Å². The third-order valence-electron chi connectivity index (χ3n) is 1.84. The Morgan fingerprint density at radius 2 is 2.06 bits per heavy atom. The molecule has 0 amide bonds. The highest BCUT2D eigenvalue weighted by Gasteiger charge is 2.17. The molecule has 0 aliphatic carbocycles. The fraction of sp³-hybridized carbons (Fsp3) is 0.364. The minimum Gasteiger partial charge on any atom is -0.478 e. The third kappa shape index (κ3) is 3.06. The Bertz CT molecular complexity index is 444. The minimum atomic E-state index is -0.985. The summed E-state index contributed by atoms with van der Waals surface area (Å²) in [6.45, 7) is 9.11. The van der Waals surface area contributed by atoms with Gasteiger partial charge in [-0.3, -0.25) is 0 Å². The quantitative estimate of drug-likeness (QED) is 0.496. The number of carbonyl (C=O) groups is 1. The zero-order valence-electron chi connectivity index (χ0n) is 9.57. The fourth-order valence-corrected chi connectivity index (χ4v) is 2.18. The van der Waals surface area contributed by atoms with E-state index in [9.17, 15) is 4.79 Å². The zero-order valence-corrected chi connectivity index (χ0v) is 10.4. The van der Waals surface area contributed by atoms with Crippen LogP contribution in [0.2, 0.25) is 0 Å². The van der Waals surface area contributed by atoms with Crippen LogP contribution in [0.1, 0.15) is 28.8 Å². The van der Waals surface area contributed by atoms with E-state index >= 15 is 0 Å². The van der Waals surface area contributed by atoms with E-state index in [1.807, 2.05) is 6.92 Å². The minimum absolute atomic E-state index is 0.192. The van der Waals surface area contributed by atoms with Crippen molar-refractivity contribution in [3.63, 3.8) is 0 Å². The molecule has 1 N–H and O–H groups in total. The normalized spacial score (nSPS) is 10.2. The van der Waals surface area contributed by atoms with Crippen molar-refractivity contribution in [3.8, 4) is 0 Å². The van der Waals surface area contributed by atoms with Crippen molar-refractivity contribution in [2.24, 2.45) is 0 Å². The van der Waals surface area contributed by atoms with Crippen molar-refractivity contribution >= 4 is 17.7 Å². The second kappa shape index (κ2) is 5.12. The van der Waals surface area contributed by atoms with Crippen LogP contribution in [0.25, 0.3) is 0 Å². The Labute approximate surface area is 98.8 Å². The number of aromatic nitrogens is 2. The molecule has 16 heavy (non-hydrogen) atoms. The highest BCUT2D eigenvalue weighted by molar-refractivity contribution is 7.99. The summed E-state index contributed by atoms with van der Waals surface area (Å²) in [6.07, 6.45) is 0. The van der Waals surface area contributed by atoms with E-state index in [4.69, 9.17) is 5.11 Å². The first-order chi connectivity index (χ1) is 7.41. The molecule has 4 nitrogen and oxygen atoms in total. The summed E-state index contributed by atoms with van der Waals surface area (Å²) in [5.74, 6) is 0.268. The number of aromatic carboxylic acids is 1. The van der Waals surface area contributed by atoms with Crippen LogP contribution in [-0.2, 0) is 0 Å². The van der Waals surface area contributed by atoms with Gasteiger partial charge in [0, 0.05) is 5.75 Å². The van der Waals surface area contributed by atoms with Gasteiger partial charge in [0.25, 0.3) is 0 Å². The molecule has 0 spiro atoms. The van der Waals surface area contributed by atoms with Crippen molar-refractivity contribution in [2.45, 2.75) is 25.8 Å². The maximum Gasteiger partial charge on any atom is 0.340 e. The van der Waals surface area contributed by atoms with Gasteiger partial charge in [0.05, 0.1) is 5.69 Å². The van der Waals surface area contributed by atoms with Crippen LogP contribution in [0.4, 0.5) is 0 Å². The number of nitrogens with zero attached hydrogens (tertiary/aromatic N) is 2. The second-order valence-corrected chi connectivity index (χ2v) is 4.55. The predicted octanol–water partition coefficient (Wildman–Crippen LogP) is 2.46. The number of hydrogen-bond donors (Lipinski definition) is 1. The molecule has 0 bridgehead atoms. The van der Waals surface area contributed by atoms with Gasteiger partial charge >= 0.3 is 5.97 Å². The fourth-order valence-electron chi connectivity index (χ4n) is 1.22. The summed E-state index contributed by atoms with van der Waals surface area (Å²) in [7, 11) is 0. The lowest BCUT2D eigenvalue weighted by atomic mass is 10.2. The van der Waals surface area contributed by atoms with E-state index in [2.05, 4.69) is 16.5 Å². The van der Waals surface area contributed by atoms with Gasteiger partial charge < -0.3 is 5.11 Å². The lowest BCUT2D eigenvalue weighted by molar-refractivity contribution is 0.0690. The highest BCUT2D eigenvalue weighted by atomic mass is 32.2. The third-order valence-corrected chi connectivity index (χ3v) is 3.04. The van der Waals surface area contributed by atoms with E-state index in [0.29, 0.717) is 22.3 Å². The first-order valence-corrected chi connectivity index (χ1v) is 5.76. The molecule has 0 aromatic carbocycles. The number of carboxylic acid groups (broad SMARTS) is 1. The summed E-state index contributed by atoms with van der Waals surface area (Å²) < 4.78 is 0. The van der Waals surface area contributed by atoms with Crippen LogP contribution >= 0.6 is 11.8 Å². The molecule has 0 saturated carbocycles. The Hall–Kier alpha value is -1.36. The van der Waals surface area contributed by atoms with Crippen molar-refractivity contribution in [3.05, 3.63) is 29.2 Å². The van der Waals surface area contributed by atoms with E-state index in [0.717, 1.165) is 5.57 Å². The van der Waals surface area contributed by atoms with Crippen LogP contribution in [0.3, 0.4) is 0 Å². The first-order valence-electron chi connectivity index (χ1n) is 4.77. The summed E-state index contributed by atoms with van der Waals surface area (Å²) >= 11 is 1.38. The van der Waals surface area contributed by atoms with Crippen molar-refractivity contribution in [2.75, 3.05) is 5.75 Å². The maximum absolute atomic E-state index is 11.1. The average Bonchev–Trinajstić information content (AvgIpc) is 2.12. The van der Waals surface area contributed by atoms with Gasteiger partial charge in [-0.1, -0.05) is 12.2 Å². The molecule has 0 fully saturated rings. The molecule has 1 rings (SSSR count). The number of carboxylic acids is 1. The molecule has 5 heteroatoms. The van der Waals surface area contributed by atoms with Gasteiger partial charge in [-0.15, -0.1) is 11.8 Å². The lowest BCUT2D eigenvalue weighted by Gasteiger charge is -2.08. The molecule has 0 radical (unpaired) electrons. The Morgan fingerprint density at radius 3 is 2.56 bits per heavy atom. The number of hydrogen-bond acceptors (Lipinski definition) is 4. The average molecular weight is 238 g/mol. The first kappa shape index (κ1) is 12.7. The summed E-state index contributed by atoms with van der Waals surface area (Å²) in [4.78, 5) is 19.3. The van der Waals surface area contributed by atoms with Gasteiger partial charge in [-0.2, -0.15) is 0 Å². The van der Waals surface area contributed by atoms with Gasteiger partial charge in [-0.05, 0) is 20.8 Å². The predicted molar refractivity (Wildman–Crippen MR) is 64.0 cm³/mol. The van der Waals surface area contributed by atoms with Crippen molar-refractivity contribution < 1.29 is 9.90 Å². The molecular formula is C11H14N2O2S. The zero-order chi connectivity index (χ0) is 12.3. The molecule has 86 valence electrons. The van der Waals surface area contributed by atoms with Crippen LogP contribution in [0.5, 0.6) is 0 Å². The SMILES string of the molecule is C=C(C)CSc1nc(C)nc(C)c1C(=O)O. The monoisotopic (exact) mass is 238 g/mol. The molecule has 1 aromatic rings. The molecule has 0 aliphatic rings. The standard InChI is InChI=1S/C11H14N2O2S/c1-6(2)5-16-10-9(11(14)15)7(3)12-8(4)13-10/h1,5H2,2-4H3,(H,14,15). The second-order valence-electron chi connectivity index (χ2n) is 3.59. The molecule has 0 aliphatic heterocycles. The largest absolute Gasteiger partial charge is 0.478 e. The van der Waals surface area contributed by atoms with Gasteiger partial charge in [0.2, 0.25) is 0 Å². The summed E-state index contributed by atoms with van der Waals surface area (Å²) in [5.41, 5.74) is 1.68. The summed E-state index contributed by atoms with van der Waals surface area (Å²) in [6, 6.07) is 0. The molecule has 0 saturated heterocycles. The molecular weight excluding hydrogens is 224 g/mol. The molecule has 1 aromatic heterocycles. The van der Waals surface area contributed by atoms with Gasteiger partial charge in [0.15, 0.2) is 0 Å². The Kier molecular flexibility index (Phi) is 4.06. The van der Waals surface area contributed by atoms with Crippen LogP contribution in [0.15, 0.2) is 17.2 Å². The van der Waals surface area contributed by atoms with Gasteiger partial charge in [-0.25, -0.2) is 14.8 Å². The van der Waals surface area contributed by atoms with E-state index in [1.54, 1.807) is 13.8 Å². The summed E-state index contributed by atoms with van der Waals surface area (Å²) in [5, 5.41) is 9.60. The van der Waals surface area contributed by atoms with Gasteiger partial charge in [0.1, 0.15) is 16.4 Å². The molecule has 0 atom stereocenters. The van der Waals surface area contributed by atoms with E-state index < -0.39 is 5.97 Å². The topological polar surface area (TPSA) is 63.1 Å². The Balaban J connectivity index is 3.13. The molecule has 0 unspecified atom stereocenters. The lowest BCUT2D eigenvalue weighted by Crippen LogP contribution is -2.08. The van der Waals surface area contributed by atoms with E-state index in [-0.39, 0.29) is 5.56 Å². The highest BCUT2D eigenvalue weighted by Crippen LogP contribution is 2.24. The van der Waals surface area contributed by atoms with Crippen molar-refractivity contribution in [1.82, 2.24) is 9.97 Å².